The standard InChI is InChI=1S/C16H28N6O2/c1-11(2)14-8-13(24-21-14)9-19-16(18-3)20-12-4-6-22(7-5-12)10-15(17)23/h8,11-12H,4-7,9-10H2,1-3H3,(H2,17,23)(H2,18,19,20). The number of nitrogens with one attached hydrogen (secondary N) is 2. The van der Waals surface area contributed by atoms with Gasteiger partial charge in [0.2, 0.25) is 5.91 Å². The lowest BCUT2D eigenvalue weighted by atomic mass is 10.1. The summed E-state index contributed by atoms with van der Waals surface area (Å²) < 4.78 is 5.32. The van der Waals surface area contributed by atoms with Gasteiger partial charge in [0.1, 0.15) is 0 Å². The van der Waals surface area contributed by atoms with Gasteiger partial charge in [0.05, 0.1) is 18.8 Å². The molecule has 2 rings (SSSR count). The van der Waals surface area contributed by atoms with Gasteiger partial charge in [-0.3, -0.25) is 14.7 Å². The maximum absolute atomic E-state index is 11.0. The number of aromatic nitrogens is 1. The Bertz CT molecular complexity index is 561. The van der Waals surface area contributed by atoms with Crippen LogP contribution < -0.4 is 16.4 Å². The molecule has 4 N–H and O–H groups in total. The van der Waals surface area contributed by atoms with E-state index < -0.39 is 0 Å². The fourth-order valence-electron chi connectivity index (χ4n) is 2.70. The maximum Gasteiger partial charge on any atom is 0.231 e. The smallest absolute Gasteiger partial charge is 0.231 e. The largest absolute Gasteiger partial charge is 0.369 e. The summed E-state index contributed by atoms with van der Waals surface area (Å²) in [6.45, 7) is 6.76. The lowest BCUT2D eigenvalue weighted by Gasteiger charge is -2.32. The first-order valence-electron chi connectivity index (χ1n) is 8.41. The molecule has 0 bridgehead atoms. The average molecular weight is 336 g/mol. The number of aliphatic imine (C=N–C) groups is 1. The number of hydrogen-bond acceptors (Lipinski definition) is 5. The van der Waals surface area contributed by atoms with Gasteiger partial charge < -0.3 is 20.9 Å². The van der Waals surface area contributed by atoms with Crippen molar-refractivity contribution in [3.8, 4) is 0 Å². The highest BCUT2D eigenvalue weighted by molar-refractivity contribution is 5.80. The van der Waals surface area contributed by atoms with Crippen LogP contribution in [0.25, 0.3) is 0 Å². The summed E-state index contributed by atoms with van der Waals surface area (Å²) >= 11 is 0. The van der Waals surface area contributed by atoms with E-state index >= 15 is 0 Å². The van der Waals surface area contributed by atoms with Crippen molar-refractivity contribution in [3.63, 3.8) is 0 Å². The molecule has 134 valence electrons. The van der Waals surface area contributed by atoms with E-state index in [1.807, 2.05) is 6.07 Å². The van der Waals surface area contributed by atoms with Gasteiger partial charge in [0.25, 0.3) is 0 Å². The fourth-order valence-corrected chi connectivity index (χ4v) is 2.70. The molecule has 0 unspecified atom stereocenters. The Morgan fingerprint density at radius 1 is 1.50 bits per heavy atom. The zero-order chi connectivity index (χ0) is 17.5. The summed E-state index contributed by atoms with van der Waals surface area (Å²) in [5, 5.41) is 10.7. The first-order valence-corrected chi connectivity index (χ1v) is 8.41. The first kappa shape index (κ1) is 18.3. The van der Waals surface area contributed by atoms with E-state index in [1.165, 1.54) is 0 Å². The number of carbonyl (C=O) groups excluding carboxylic acids is 1. The predicted molar refractivity (Wildman–Crippen MR) is 92.6 cm³/mol. The van der Waals surface area contributed by atoms with Gasteiger partial charge in [0.15, 0.2) is 11.7 Å². The molecule has 1 aliphatic heterocycles. The highest BCUT2D eigenvalue weighted by atomic mass is 16.5. The maximum atomic E-state index is 11.0. The van der Waals surface area contributed by atoms with E-state index in [2.05, 4.69) is 39.5 Å². The Morgan fingerprint density at radius 3 is 2.75 bits per heavy atom. The molecule has 1 saturated heterocycles. The summed E-state index contributed by atoms with van der Waals surface area (Å²) in [6.07, 6.45) is 1.90. The monoisotopic (exact) mass is 336 g/mol. The zero-order valence-electron chi connectivity index (χ0n) is 14.7. The second-order valence-electron chi connectivity index (χ2n) is 6.46. The van der Waals surface area contributed by atoms with Crippen LogP contribution in [-0.2, 0) is 11.3 Å². The van der Waals surface area contributed by atoms with Crippen molar-refractivity contribution in [2.75, 3.05) is 26.7 Å². The topological polar surface area (TPSA) is 109 Å². The minimum absolute atomic E-state index is 0.272. The van der Waals surface area contributed by atoms with E-state index in [-0.39, 0.29) is 5.91 Å². The van der Waals surface area contributed by atoms with Gasteiger partial charge in [0, 0.05) is 32.2 Å². The van der Waals surface area contributed by atoms with Crippen molar-refractivity contribution >= 4 is 11.9 Å². The van der Waals surface area contributed by atoms with E-state index in [9.17, 15) is 4.79 Å². The van der Waals surface area contributed by atoms with Gasteiger partial charge in [-0.25, -0.2) is 0 Å². The van der Waals surface area contributed by atoms with Crippen LogP contribution in [0, 0.1) is 0 Å². The number of carbonyl (C=O) groups is 1. The molecular formula is C16H28N6O2. The van der Waals surface area contributed by atoms with Crippen LogP contribution in [0.3, 0.4) is 0 Å². The fraction of sp³-hybridized carbons (Fsp3) is 0.688. The number of rotatable bonds is 6. The zero-order valence-corrected chi connectivity index (χ0v) is 14.7. The van der Waals surface area contributed by atoms with Crippen molar-refractivity contribution in [1.82, 2.24) is 20.7 Å². The number of nitrogens with two attached hydrogens (primary N) is 1. The van der Waals surface area contributed by atoms with Crippen LogP contribution >= 0.6 is 0 Å². The van der Waals surface area contributed by atoms with Crippen LogP contribution in [0.15, 0.2) is 15.6 Å². The van der Waals surface area contributed by atoms with Crippen LogP contribution in [0.2, 0.25) is 0 Å². The molecule has 0 aromatic carbocycles. The Balaban J connectivity index is 1.75. The average Bonchev–Trinajstić information content (AvgIpc) is 3.02. The van der Waals surface area contributed by atoms with Crippen LogP contribution in [-0.4, -0.2) is 54.6 Å². The number of primary amides is 1. The first-order chi connectivity index (χ1) is 11.5. The number of piperidine rings is 1. The molecule has 0 saturated carbocycles. The Morgan fingerprint density at radius 2 is 2.21 bits per heavy atom. The predicted octanol–water partition coefficient (Wildman–Crippen LogP) is 0.413. The van der Waals surface area contributed by atoms with Crippen LogP contribution in [0.1, 0.15) is 44.1 Å². The lowest BCUT2D eigenvalue weighted by molar-refractivity contribution is -0.119. The molecule has 1 fully saturated rings. The molecule has 0 atom stereocenters. The molecule has 8 nitrogen and oxygen atoms in total. The quantitative estimate of drug-likeness (QED) is 0.513. The van der Waals surface area contributed by atoms with E-state index in [0.29, 0.717) is 25.0 Å². The molecule has 1 aliphatic rings. The van der Waals surface area contributed by atoms with Crippen molar-refractivity contribution < 1.29 is 9.32 Å². The molecule has 1 aromatic heterocycles. The van der Waals surface area contributed by atoms with E-state index in [0.717, 1.165) is 43.3 Å². The summed E-state index contributed by atoms with van der Waals surface area (Å²) in [5.41, 5.74) is 6.19. The van der Waals surface area contributed by atoms with E-state index in [4.69, 9.17) is 10.3 Å². The highest BCUT2D eigenvalue weighted by Gasteiger charge is 2.20. The minimum Gasteiger partial charge on any atom is -0.369 e. The van der Waals surface area contributed by atoms with Gasteiger partial charge in [-0.1, -0.05) is 19.0 Å². The molecular weight excluding hydrogens is 308 g/mol. The Kier molecular flexibility index (Phi) is 6.60. The SMILES string of the molecule is CN=C(NCc1cc(C(C)C)no1)NC1CCN(CC(N)=O)CC1. The second kappa shape index (κ2) is 8.68. The second-order valence-corrected chi connectivity index (χ2v) is 6.46. The number of amides is 1. The summed E-state index contributed by atoms with van der Waals surface area (Å²) in [5.74, 6) is 1.61. The summed E-state index contributed by atoms with van der Waals surface area (Å²) in [7, 11) is 1.75. The van der Waals surface area contributed by atoms with Gasteiger partial charge in [-0.2, -0.15) is 0 Å². The summed E-state index contributed by atoms with van der Waals surface area (Å²) in [4.78, 5) is 17.3. The number of hydrogen-bond donors (Lipinski definition) is 3. The van der Waals surface area contributed by atoms with Crippen molar-refractivity contribution in [2.24, 2.45) is 10.7 Å². The number of guanidine groups is 1. The third-order valence-electron chi connectivity index (χ3n) is 4.13. The van der Waals surface area contributed by atoms with Crippen molar-refractivity contribution in [2.45, 2.75) is 45.2 Å². The van der Waals surface area contributed by atoms with Gasteiger partial charge in [-0.05, 0) is 18.8 Å². The Labute approximate surface area is 142 Å². The van der Waals surface area contributed by atoms with Crippen LogP contribution in [0.5, 0.6) is 0 Å². The molecule has 1 aromatic rings. The Hall–Kier alpha value is -2.09. The molecule has 24 heavy (non-hydrogen) atoms. The normalized spacial score (nSPS) is 17.2. The van der Waals surface area contributed by atoms with Crippen molar-refractivity contribution in [3.05, 3.63) is 17.5 Å². The molecule has 0 radical (unpaired) electrons. The van der Waals surface area contributed by atoms with Crippen molar-refractivity contribution in [1.29, 1.82) is 0 Å². The lowest BCUT2D eigenvalue weighted by Crippen LogP contribution is -2.49. The third-order valence-corrected chi connectivity index (χ3v) is 4.13. The third kappa shape index (κ3) is 5.52. The molecule has 0 aliphatic carbocycles. The summed E-state index contributed by atoms with van der Waals surface area (Å²) in [6, 6.07) is 2.30. The highest BCUT2D eigenvalue weighted by Crippen LogP contribution is 2.14. The molecule has 8 heteroatoms. The molecule has 2 heterocycles. The van der Waals surface area contributed by atoms with E-state index in [1.54, 1.807) is 7.05 Å². The molecule has 1 amide bonds. The van der Waals surface area contributed by atoms with Gasteiger partial charge >= 0.3 is 0 Å². The minimum atomic E-state index is -0.272. The number of nitrogens with zero attached hydrogens (tertiary/aromatic N) is 3. The van der Waals surface area contributed by atoms with Gasteiger partial charge in [-0.15, -0.1) is 0 Å². The number of likely N-dealkylation sites (tertiary alicyclic amines) is 1. The molecule has 0 spiro atoms. The van der Waals surface area contributed by atoms with Crippen LogP contribution in [0.4, 0.5) is 0 Å².